The van der Waals surface area contributed by atoms with Gasteiger partial charge in [0.15, 0.2) is 0 Å². The minimum Gasteiger partial charge on any atom is -0.465 e. The van der Waals surface area contributed by atoms with Crippen molar-refractivity contribution in [2.24, 2.45) is 0 Å². The molecular weight excluding hydrogens is 198 g/mol. The molecule has 0 aliphatic carbocycles. The van der Waals surface area contributed by atoms with E-state index in [4.69, 9.17) is 4.74 Å². The monoisotopic (exact) mass is 219 g/mol. The maximum Gasteiger partial charge on any atom is 0.320 e. The van der Waals surface area contributed by atoms with Crippen LogP contribution in [0.25, 0.3) is 0 Å². The van der Waals surface area contributed by atoms with Gasteiger partial charge < -0.3 is 4.74 Å². The molecule has 3 nitrogen and oxygen atoms in total. The molecule has 0 N–H and O–H groups in total. The summed E-state index contributed by atoms with van der Waals surface area (Å²) in [6, 6.07) is 0. The molecule has 0 saturated heterocycles. The van der Waals surface area contributed by atoms with Gasteiger partial charge in [-0.05, 0) is 38.4 Å². The lowest BCUT2D eigenvalue weighted by Gasteiger charge is -2.14. The summed E-state index contributed by atoms with van der Waals surface area (Å²) in [6.45, 7) is 5.83. The van der Waals surface area contributed by atoms with E-state index in [-0.39, 0.29) is 5.97 Å². The number of nitrogens with zero attached hydrogens (tertiary/aromatic N) is 1. The third-order valence-electron chi connectivity index (χ3n) is 1.74. The van der Waals surface area contributed by atoms with E-state index in [1.807, 2.05) is 30.6 Å². The van der Waals surface area contributed by atoms with Gasteiger partial charge in [0.1, 0.15) is 0 Å². The molecule has 0 rings (SSSR count). The van der Waals surface area contributed by atoms with Gasteiger partial charge in [-0.25, -0.2) is 0 Å². The Hall–Kier alpha value is -0.220. The molecule has 0 aromatic carbocycles. The van der Waals surface area contributed by atoms with Crippen LogP contribution in [0.5, 0.6) is 0 Å². The third-order valence-corrected chi connectivity index (χ3v) is 2.72. The number of thioether (sulfide) groups is 1. The Bertz CT molecular complexity index is 153. The lowest BCUT2D eigenvalue weighted by atomic mass is 10.4. The molecule has 0 radical (unpaired) electrons. The molecule has 0 heterocycles. The lowest BCUT2D eigenvalue weighted by molar-refractivity contribution is -0.144. The molecular formula is C10H21NO2S. The summed E-state index contributed by atoms with van der Waals surface area (Å²) < 4.78 is 4.85. The zero-order valence-electron chi connectivity index (χ0n) is 9.41. The number of hydrogen-bond acceptors (Lipinski definition) is 4. The highest BCUT2D eigenvalue weighted by Gasteiger charge is 2.05. The highest BCUT2D eigenvalue weighted by molar-refractivity contribution is 7.99. The Balaban J connectivity index is 3.35. The normalized spacial score (nSPS) is 10.6. The van der Waals surface area contributed by atoms with E-state index in [1.165, 1.54) is 11.5 Å². The molecule has 0 fully saturated rings. The lowest BCUT2D eigenvalue weighted by Crippen LogP contribution is -2.28. The van der Waals surface area contributed by atoms with Crippen LogP contribution in [0.15, 0.2) is 0 Å². The van der Waals surface area contributed by atoms with Crippen LogP contribution in [0, 0.1) is 0 Å². The Morgan fingerprint density at radius 3 is 2.71 bits per heavy atom. The van der Waals surface area contributed by atoms with Crippen LogP contribution >= 0.6 is 11.8 Å². The zero-order valence-corrected chi connectivity index (χ0v) is 10.2. The van der Waals surface area contributed by atoms with Gasteiger partial charge in [0, 0.05) is 0 Å². The van der Waals surface area contributed by atoms with E-state index in [1.54, 1.807) is 0 Å². The summed E-state index contributed by atoms with van der Waals surface area (Å²) in [5.74, 6) is 2.21. The highest BCUT2D eigenvalue weighted by Crippen LogP contribution is 2.01. The van der Waals surface area contributed by atoms with Gasteiger partial charge in [0.25, 0.3) is 0 Å². The summed E-state index contributed by atoms with van der Waals surface area (Å²) in [4.78, 5) is 13.1. The summed E-state index contributed by atoms with van der Waals surface area (Å²) >= 11 is 1.94. The average Bonchev–Trinajstić information content (AvgIpc) is 2.13. The SMILES string of the molecule is CCOC(=O)CN(C)CCCSCC. The molecule has 14 heavy (non-hydrogen) atoms. The molecule has 0 aromatic heterocycles. The molecule has 0 spiro atoms. The van der Waals surface area contributed by atoms with Gasteiger partial charge in [-0.3, -0.25) is 9.69 Å². The van der Waals surface area contributed by atoms with Gasteiger partial charge >= 0.3 is 5.97 Å². The van der Waals surface area contributed by atoms with Crippen LogP contribution in [0.4, 0.5) is 0 Å². The van der Waals surface area contributed by atoms with Crippen LogP contribution in [0.2, 0.25) is 0 Å². The van der Waals surface area contributed by atoms with Gasteiger partial charge in [-0.1, -0.05) is 6.92 Å². The van der Waals surface area contributed by atoms with E-state index >= 15 is 0 Å². The van der Waals surface area contributed by atoms with Crippen molar-refractivity contribution in [3.8, 4) is 0 Å². The number of carbonyl (C=O) groups excluding carboxylic acids is 1. The molecule has 0 aliphatic heterocycles. The topological polar surface area (TPSA) is 29.5 Å². The quantitative estimate of drug-likeness (QED) is 0.458. The second-order valence-corrected chi connectivity index (χ2v) is 4.49. The minimum atomic E-state index is -0.127. The second kappa shape index (κ2) is 9.34. The van der Waals surface area contributed by atoms with Crippen molar-refractivity contribution in [3.05, 3.63) is 0 Å². The molecule has 0 saturated carbocycles. The van der Waals surface area contributed by atoms with Crippen LogP contribution in [-0.4, -0.2) is 49.1 Å². The Kier molecular flexibility index (Phi) is 9.19. The largest absolute Gasteiger partial charge is 0.465 e. The molecule has 0 unspecified atom stereocenters. The first-order valence-corrected chi connectivity index (χ1v) is 6.28. The van der Waals surface area contributed by atoms with Gasteiger partial charge in [0.2, 0.25) is 0 Å². The first-order chi connectivity index (χ1) is 6.70. The molecule has 4 heteroatoms. The molecule has 0 aromatic rings. The Morgan fingerprint density at radius 2 is 2.14 bits per heavy atom. The number of rotatable bonds is 8. The maximum absolute atomic E-state index is 11.1. The smallest absolute Gasteiger partial charge is 0.320 e. The molecule has 0 bridgehead atoms. The van der Waals surface area contributed by atoms with Gasteiger partial charge in [-0.2, -0.15) is 11.8 Å². The number of esters is 1. The number of carbonyl (C=O) groups is 1. The van der Waals surface area contributed by atoms with Gasteiger partial charge in [0.05, 0.1) is 13.2 Å². The van der Waals surface area contributed by atoms with Crippen LogP contribution in [0.3, 0.4) is 0 Å². The zero-order chi connectivity index (χ0) is 10.8. The predicted molar refractivity (Wildman–Crippen MR) is 61.7 cm³/mol. The van der Waals surface area contributed by atoms with Crippen LogP contribution in [0.1, 0.15) is 20.3 Å². The summed E-state index contributed by atoms with van der Waals surface area (Å²) in [5, 5.41) is 0. The summed E-state index contributed by atoms with van der Waals surface area (Å²) in [7, 11) is 1.95. The minimum absolute atomic E-state index is 0.127. The summed E-state index contributed by atoms with van der Waals surface area (Å²) in [6.07, 6.45) is 1.13. The van der Waals surface area contributed by atoms with Crippen LogP contribution < -0.4 is 0 Å². The third kappa shape index (κ3) is 8.38. The highest BCUT2D eigenvalue weighted by atomic mass is 32.2. The first kappa shape index (κ1) is 13.8. The first-order valence-electron chi connectivity index (χ1n) is 5.12. The van der Waals surface area contributed by atoms with Crippen molar-refractivity contribution >= 4 is 17.7 Å². The van der Waals surface area contributed by atoms with E-state index in [2.05, 4.69) is 6.92 Å². The van der Waals surface area contributed by atoms with Crippen molar-refractivity contribution in [2.75, 3.05) is 38.2 Å². The maximum atomic E-state index is 11.1. The van der Waals surface area contributed by atoms with E-state index < -0.39 is 0 Å². The molecule has 0 aliphatic rings. The Labute approximate surface area is 91.2 Å². The van der Waals surface area contributed by atoms with Gasteiger partial charge in [-0.15, -0.1) is 0 Å². The Morgan fingerprint density at radius 1 is 1.43 bits per heavy atom. The van der Waals surface area contributed by atoms with Crippen molar-refractivity contribution in [2.45, 2.75) is 20.3 Å². The van der Waals surface area contributed by atoms with Crippen LogP contribution in [-0.2, 0) is 9.53 Å². The molecule has 0 amide bonds. The number of likely N-dealkylation sites (N-methyl/N-ethyl adjacent to an activating group) is 1. The fourth-order valence-corrected chi connectivity index (χ4v) is 1.71. The molecule has 84 valence electrons. The van der Waals surface area contributed by atoms with Crippen molar-refractivity contribution < 1.29 is 9.53 Å². The number of hydrogen-bond donors (Lipinski definition) is 0. The molecule has 0 atom stereocenters. The second-order valence-electron chi connectivity index (χ2n) is 3.09. The van der Waals surface area contributed by atoms with Crippen molar-refractivity contribution in [3.63, 3.8) is 0 Å². The van der Waals surface area contributed by atoms with E-state index in [9.17, 15) is 4.79 Å². The van der Waals surface area contributed by atoms with E-state index in [0.29, 0.717) is 13.2 Å². The standard InChI is InChI=1S/C10H21NO2S/c1-4-13-10(12)9-11(3)7-6-8-14-5-2/h4-9H2,1-3H3. The van der Waals surface area contributed by atoms with E-state index in [0.717, 1.165) is 13.0 Å². The van der Waals surface area contributed by atoms with Crippen molar-refractivity contribution in [1.82, 2.24) is 4.90 Å². The summed E-state index contributed by atoms with van der Waals surface area (Å²) in [5.41, 5.74) is 0. The fourth-order valence-electron chi connectivity index (χ4n) is 1.09. The number of ether oxygens (including phenoxy) is 1. The predicted octanol–water partition coefficient (Wildman–Crippen LogP) is 1.62. The van der Waals surface area contributed by atoms with Crippen molar-refractivity contribution in [1.29, 1.82) is 0 Å². The average molecular weight is 219 g/mol. The fraction of sp³-hybridized carbons (Fsp3) is 0.900.